The monoisotopic (exact) mass is 559 g/mol. The number of unbranched alkanes of at least 4 members (excludes halogenated alkanes) is 1. The van der Waals surface area contributed by atoms with Crippen molar-refractivity contribution in [2.75, 3.05) is 18.5 Å². The summed E-state index contributed by atoms with van der Waals surface area (Å²) in [5.41, 5.74) is 4.37. The number of nitrogens with zero attached hydrogens (tertiary/aromatic N) is 2. The van der Waals surface area contributed by atoms with E-state index in [1.165, 1.54) is 18.2 Å². The summed E-state index contributed by atoms with van der Waals surface area (Å²) in [6, 6.07) is 9.38. The highest BCUT2D eigenvalue weighted by molar-refractivity contribution is 7.86. The van der Waals surface area contributed by atoms with Gasteiger partial charge in [-0.1, -0.05) is 33.3 Å². The second-order valence-corrected chi connectivity index (χ2v) is 13.8. The van der Waals surface area contributed by atoms with E-state index in [2.05, 4.69) is 11.8 Å². The van der Waals surface area contributed by atoms with Gasteiger partial charge in [0, 0.05) is 41.1 Å². The predicted molar refractivity (Wildman–Crippen MR) is 149 cm³/mol. The highest BCUT2D eigenvalue weighted by atomic mass is 32.2. The molecule has 0 aliphatic carbocycles. The smallest absolute Gasteiger partial charge is 0.294 e. The van der Waals surface area contributed by atoms with Crippen LogP contribution in [0.4, 0.5) is 11.4 Å². The van der Waals surface area contributed by atoms with Crippen LogP contribution in [0.5, 0.6) is 0 Å². The minimum absolute atomic E-state index is 0.122. The van der Waals surface area contributed by atoms with E-state index in [1.54, 1.807) is 18.2 Å². The van der Waals surface area contributed by atoms with Crippen LogP contribution < -0.4 is 4.90 Å². The second-order valence-electron chi connectivity index (χ2n) is 10.9. The van der Waals surface area contributed by atoms with E-state index in [4.69, 9.17) is 0 Å². The van der Waals surface area contributed by atoms with E-state index in [0.29, 0.717) is 0 Å². The van der Waals surface area contributed by atoms with Gasteiger partial charge in [0.2, 0.25) is 5.69 Å². The standard InChI is InChI=1S/C28H34N2O6S2/c1-7-8-16-30-24-15-13-20(38(34,35)36)18-22(24)28(4,5)26(30)11-9-10-25-27(2,3)21-17-19(37(31,32)33)12-14-23(21)29(25)6/h9-15,17-18H,7-8,16H2,1-6H3,(H-,31,32,33,34,35,36)/p+1. The Morgan fingerprint density at radius 3 is 2.05 bits per heavy atom. The molecule has 0 atom stereocenters. The van der Waals surface area contributed by atoms with Crippen LogP contribution in [0.15, 0.2) is 70.1 Å². The maximum absolute atomic E-state index is 11.8. The zero-order valence-electron chi connectivity index (χ0n) is 22.6. The molecule has 0 aromatic heterocycles. The van der Waals surface area contributed by atoms with Gasteiger partial charge in [0.15, 0.2) is 5.71 Å². The molecule has 204 valence electrons. The highest BCUT2D eigenvalue weighted by Crippen LogP contribution is 2.48. The molecule has 0 unspecified atom stereocenters. The number of allylic oxidation sites excluding steroid dienone is 4. The molecule has 0 saturated heterocycles. The molecular weight excluding hydrogens is 524 g/mol. The van der Waals surface area contributed by atoms with Gasteiger partial charge in [0.25, 0.3) is 20.2 Å². The summed E-state index contributed by atoms with van der Waals surface area (Å²) in [5, 5.41) is 0. The predicted octanol–water partition coefficient (Wildman–Crippen LogP) is 5.22. The van der Waals surface area contributed by atoms with Gasteiger partial charge in [-0.05, 0) is 62.2 Å². The molecule has 2 heterocycles. The Morgan fingerprint density at radius 2 is 1.47 bits per heavy atom. The Balaban J connectivity index is 1.76. The molecule has 0 bridgehead atoms. The van der Waals surface area contributed by atoms with Crippen molar-refractivity contribution < 1.29 is 30.5 Å². The van der Waals surface area contributed by atoms with Crippen LogP contribution in [0.3, 0.4) is 0 Å². The Bertz CT molecular complexity index is 1610. The van der Waals surface area contributed by atoms with Crippen molar-refractivity contribution in [2.24, 2.45) is 0 Å². The zero-order chi connectivity index (χ0) is 28.3. The SMILES string of the molecule is CCCCN1C(=CC=CC2=[N+](C)c3ccc(S(=O)(=O)O)cc3C2(C)C)C(C)(C)c2cc(S(=O)(=O)O)ccc21. The summed E-state index contributed by atoms with van der Waals surface area (Å²) in [6.07, 6.45) is 7.95. The molecule has 2 N–H and O–H groups in total. The van der Waals surface area contributed by atoms with Crippen LogP contribution in [0.25, 0.3) is 0 Å². The Morgan fingerprint density at radius 1 is 0.895 bits per heavy atom. The van der Waals surface area contributed by atoms with E-state index in [-0.39, 0.29) is 9.79 Å². The quantitative estimate of drug-likeness (QED) is 0.353. The van der Waals surface area contributed by atoms with Crippen LogP contribution >= 0.6 is 0 Å². The van der Waals surface area contributed by atoms with Gasteiger partial charge < -0.3 is 4.90 Å². The van der Waals surface area contributed by atoms with Crippen molar-refractivity contribution in [1.82, 2.24) is 0 Å². The maximum atomic E-state index is 11.8. The van der Waals surface area contributed by atoms with Gasteiger partial charge >= 0.3 is 0 Å². The van der Waals surface area contributed by atoms with Gasteiger partial charge in [0.1, 0.15) is 7.05 Å². The summed E-state index contributed by atoms with van der Waals surface area (Å²) >= 11 is 0. The summed E-state index contributed by atoms with van der Waals surface area (Å²) < 4.78 is 68.3. The average molecular weight is 560 g/mol. The van der Waals surface area contributed by atoms with Gasteiger partial charge in [-0.3, -0.25) is 9.11 Å². The first kappa shape index (κ1) is 28.2. The topological polar surface area (TPSA) is 115 Å². The highest BCUT2D eigenvalue weighted by Gasteiger charge is 2.44. The molecule has 10 heteroatoms. The lowest BCUT2D eigenvalue weighted by atomic mass is 9.81. The number of benzene rings is 2. The lowest BCUT2D eigenvalue weighted by molar-refractivity contribution is -0.401. The van der Waals surface area contributed by atoms with Gasteiger partial charge in [-0.2, -0.15) is 21.4 Å². The Labute approximate surface area is 225 Å². The first-order valence-corrected chi connectivity index (χ1v) is 15.4. The summed E-state index contributed by atoms with van der Waals surface area (Å²) in [4.78, 5) is 1.95. The molecule has 0 spiro atoms. The minimum Gasteiger partial charge on any atom is -0.344 e. The van der Waals surface area contributed by atoms with Crippen molar-refractivity contribution in [3.8, 4) is 0 Å². The van der Waals surface area contributed by atoms with Crippen molar-refractivity contribution >= 4 is 37.3 Å². The Kier molecular flexibility index (Phi) is 7.01. The van der Waals surface area contributed by atoms with E-state index < -0.39 is 31.1 Å². The largest absolute Gasteiger partial charge is 0.344 e. The van der Waals surface area contributed by atoms with Gasteiger partial charge in [-0.25, -0.2) is 0 Å². The number of rotatable bonds is 7. The normalized spacial score (nSPS) is 19.5. The average Bonchev–Trinajstić information content (AvgIpc) is 3.15. The van der Waals surface area contributed by atoms with Gasteiger partial charge in [0.05, 0.1) is 15.2 Å². The molecule has 38 heavy (non-hydrogen) atoms. The fourth-order valence-electron chi connectivity index (χ4n) is 5.58. The molecule has 0 amide bonds. The molecule has 4 rings (SSSR count). The Hall–Kier alpha value is -2.79. The van der Waals surface area contributed by atoms with E-state index in [1.807, 2.05) is 57.5 Å². The first-order chi connectivity index (χ1) is 17.5. The lowest BCUT2D eigenvalue weighted by Crippen LogP contribution is -2.27. The molecule has 2 aromatic carbocycles. The summed E-state index contributed by atoms with van der Waals surface area (Å²) in [5.74, 6) is 0. The summed E-state index contributed by atoms with van der Waals surface area (Å²) in [7, 11) is -6.72. The van der Waals surface area contributed by atoms with Crippen LogP contribution in [-0.2, 0) is 31.1 Å². The third-order valence-electron chi connectivity index (χ3n) is 7.71. The van der Waals surface area contributed by atoms with Crippen molar-refractivity contribution in [3.63, 3.8) is 0 Å². The zero-order valence-corrected chi connectivity index (χ0v) is 24.2. The molecule has 0 saturated carbocycles. The molecule has 2 aromatic rings. The summed E-state index contributed by atoms with van der Waals surface area (Å²) in [6.45, 7) is 11.0. The van der Waals surface area contributed by atoms with Crippen LogP contribution in [0, 0.1) is 0 Å². The number of fused-ring (bicyclic) bond motifs is 2. The lowest BCUT2D eigenvalue weighted by Gasteiger charge is -2.27. The first-order valence-electron chi connectivity index (χ1n) is 12.5. The number of hydrogen-bond donors (Lipinski definition) is 2. The van der Waals surface area contributed by atoms with E-state index >= 15 is 0 Å². The molecular formula is C28H35N2O6S2+. The third-order valence-corrected chi connectivity index (χ3v) is 9.41. The molecule has 0 radical (unpaired) electrons. The fraction of sp³-hybridized carbons (Fsp3) is 0.393. The second kappa shape index (κ2) is 9.44. The van der Waals surface area contributed by atoms with Crippen LogP contribution in [0.1, 0.15) is 58.6 Å². The molecule has 2 aliphatic heterocycles. The maximum Gasteiger partial charge on any atom is 0.294 e. The van der Waals surface area contributed by atoms with Crippen LogP contribution in [0.2, 0.25) is 0 Å². The number of hydrogen-bond acceptors (Lipinski definition) is 5. The fourth-order valence-corrected chi connectivity index (χ4v) is 6.59. The molecule has 0 fully saturated rings. The van der Waals surface area contributed by atoms with Crippen LogP contribution in [-0.4, -0.2) is 49.8 Å². The van der Waals surface area contributed by atoms with E-state index in [0.717, 1.165) is 53.3 Å². The number of anilines is 1. The third kappa shape index (κ3) is 4.75. The van der Waals surface area contributed by atoms with Crippen molar-refractivity contribution in [2.45, 2.75) is 68.1 Å². The minimum atomic E-state index is -4.33. The molecule has 8 nitrogen and oxygen atoms in total. The van der Waals surface area contributed by atoms with E-state index in [9.17, 15) is 25.9 Å². The van der Waals surface area contributed by atoms with Gasteiger partial charge in [-0.15, -0.1) is 0 Å². The van der Waals surface area contributed by atoms with Crippen molar-refractivity contribution in [1.29, 1.82) is 0 Å². The molecule has 2 aliphatic rings. The van der Waals surface area contributed by atoms with Crippen molar-refractivity contribution in [3.05, 3.63) is 71.5 Å².